The second-order valence-corrected chi connectivity index (χ2v) is 5.44. The number of aliphatic carboxylic acids is 1. The molecule has 5 nitrogen and oxygen atoms in total. The van der Waals surface area contributed by atoms with Gasteiger partial charge in [-0.25, -0.2) is 0 Å². The third-order valence-corrected chi connectivity index (χ3v) is 4.27. The lowest BCUT2D eigenvalue weighted by Crippen LogP contribution is -2.51. The number of phenols is 1. The quantitative estimate of drug-likeness (QED) is 0.864. The molecule has 2 atom stereocenters. The molecule has 1 aliphatic heterocycles. The molecule has 1 heterocycles. The molecule has 0 bridgehead atoms. The first-order valence-corrected chi connectivity index (χ1v) is 6.77. The van der Waals surface area contributed by atoms with Crippen molar-refractivity contribution in [1.82, 2.24) is 4.90 Å². The highest BCUT2D eigenvalue weighted by atomic mass is 16.5. The molecule has 0 saturated carbocycles. The summed E-state index contributed by atoms with van der Waals surface area (Å²) in [6.07, 6.45) is 0. The summed E-state index contributed by atoms with van der Waals surface area (Å²) in [5, 5.41) is 19.0. The summed E-state index contributed by atoms with van der Waals surface area (Å²) in [6.45, 7) is 5.24. The van der Waals surface area contributed by atoms with E-state index in [1.54, 1.807) is 26.2 Å². The van der Waals surface area contributed by atoms with E-state index in [9.17, 15) is 9.90 Å². The van der Waals surface area contributed by atoms with Gasteiger partial charge in [0.05, 0.1) is 13.0 Å². The number of hydrogen-bond acceptors (Lipinski definition) is 4. The number of carbonyl (C=O) groups is 1. The molecule has 0 spiro atoms. The average Bonchev–Trinajstić information content (AvgIpc) is 2.37. The number of rotatable bonds is 5. The Morgan fingerprint density at radius 3 is 2.60 bits per heavy atom. The van der Waals surface area contributed by atoms with Crippen molar-refractivity contribution in [3.63, 3.8) is 0 Å². The smallest absolute Gasteiger partial charge is 0.306 e. The monoisotopic (exact) mass is 279 g/mol. The predicted octanol–water partition coefficient (Wildman–Crippen LogP) is 2.11. The molecule has 2 unspecified atom stereocenters. The van der Waals surface area contributed by atoms with E-state index < -0.39 is 5.97 Å². The van der Waals surface area contributed by atoms with Gasteiger partial charge in [0.25, 0.3) is 0 Å². The molecular formula is C15H21NO4. The summed E-state index contributed by atoms with van der Waals surface area (Å²) < 4.78 is 5.17. The Morgan fingerprint density at radius 1 is 1.40 bits per heavy atom. The van der Waals surface area contributed by atoms with Gasteiger partial charge in [-0.2, -0.15) is 0 Å². The molecule has 1 fully saturated rings. The Bertz CT molecular complexity index is 497. The summed E-state index contributed by atoms with van der Waals surface area (Å²) in [4.78, 5) is 13.1. The van der Waals surface area contributed by atoms with Crippen molar-refractivity contribution in [3.8, 4) is 11.5 Å². The van der Waals surface area contributed by atoms with Crippen LogP contribution >= 0.6 is 0 Å². The molecule has 2 N–H and O–H groups in total. The van der Waals surface area contributed by atoms with Gasteiger partial charge in [-0.1, -0.05) is 6.92 Å². The second-order valence-electron chi connectivity index (χ2n) is 5.44. The van der Waals surface area contributed by atoms with Crippen LogP contribution in [0.5, 0.6) is 11.5 Å². The van der Waals surface area contributed by atoms with Crippen LogP contribution in [0.1, 0.15) is 25.5 Å². The molecular weight excluding hydrogens is 258 g/mol. The van der Waals surface area contributed by atoms with Crippen LogP contribution in [0.15, 0.2) is 18.2 Å². The molecule has 1 aromatic rings. The maximum Gasteiger partial charge on any atom is 0.306 e. The Morgan fingerprint density at radius 2 is 2.05 bits per heavy atom. The van der Waals surface area contributed by atoms with Crippen LogP contribution in [0.4, 0.5) is 0 Å². The number of methoxy groups -OCH3 is 1. The number of aromatic hydroxyl groups is 1. The van der Waals surface area contributed by atoms with E-state index in [4.69, 9.17) is 9.84 Å². The highest BCUT2D eigenvalue weighted by Crippen LogP contribution is 2.37. The van der Waals surface area contributed by atoms with E-state index in [1.807, 2.05) is 13.0 Å². The molecule has 1 aliphatic rings. The first-order chi connectivity index (χ1) is 9.43. The second kappa shape index (κ2) is 5.71. The van der Waals surface area contributed by atoms with Gasteiger partial charge in [0.2, 0.25) is 0 Å². The fourth-order valence-electron chi connectivity index (χ4n) is 2.57. The number of carboxylic acids is 1. The Balaban J connectivity index is 2.03. The Kier molecular flexibility index (Phi) is 4.18. The van der Waals surface area contributed by atoms with Crippen molar-refractivity contribution in [3.05, 3.63) is 23.8 Å². The molecule has 0 aromatic heterocycles. The molecule has 2 rings (SSSR count). The Labute approximate surface area is 118 Å². The minimum atomic E-state index is -0.744. The van der Waals surface area contributed by atoms with Crippen molar-refractivity contribution >= 4 is 5.97 Å². The lowest BCUT2D eigenvalue weighted by Gasteiger charge is -2.45. The zero-order valence-electron chi connectivity index (χ0n) is 12.0. The van der Waals surface area contributed by atoms with Gasteiger partial charge in [-0.05, 0) is 31.0 Å². The molecule has 5 heteroatoms. The zero-order chi connectivity index (χ0) is 14.9. The van der Waals surface area contributed by atoms with Gasteiger partial charge in [0.1, 0.15) is 11.5 Å². The highest BCUT2D eigenvalue weighted by molar-refractivity contribution is 5.70. The minimum Gasteiger partial charge on any atom is -0.508 e. The van der Waals surface area contributed by atoms with Crippen LogP contribution in [0.3, 0.4) is 0 Å². The maximum atomic E-state index is 10.9. The van der Waals surface area contributed by atoms with Gasteiger partial charge in [-0.3, -0.25) is 9.69 Å². The van der Waals surface area contributed by atoms with E-state index >= 15 is 0 Å². The standard InChI is InChI=1S/C15H21NO4/c1-9(15(18)19)11-7-16(8-11)10(2)13-6-12(20-3)4-5-14(13)17/h4-6,9-11,17H,7-8H2,1-3H3,(H,18,19). The first kappa shape index (κ1) is 14.7. The molecule has 0 aliphatic carbocycles. The van der Waals surface area contributed by atoms with Gasteiger partial charge in [-0.15, -0.1) is 0 Å². The number of nitrogens with zero attached hydrogens (tertiary/aromatic N) is 1. The minimum absolute atomic E-state index is 0.0438. The first-order valence-electron chi connectivity index (χ1n) is 6.77. The normalized spacial score (nSPS) is 19.1. The van der Waals surface area contributed by atoms with E-state index in [1.165, 1.54) is 0 Å². The lowest BCUT2D eigenvalue weighted by atomic mass is 9.85. The van der Waals surface area contributed by atoms with Crippen LogP contribution in [-0.2, 0) is 4.79 Å². The number of benzene rings is 1. The number of likely N-dealkylation sites (tertiary alicyclic amines) is 1. The molecule has 110 valence electrons. The Hall–Kier alpha value is -1.75. The highest BCUT2D eigenvalue weighted by Gasteiger charge is 2.37. The van der Waals surface area contributed by atoms with Crippen molar-refractivity contribution < 1.29 is 19.7 Å². The number of phenolic OH excluding ortho intramolecular Hbond substituents is 1. The van der Waals surface area contributed by atoms with Crippen molar-refractivity contribution in [2.24, 2.45) is 11.8 Å². The van der Waals surface area contributed by atoms with E-state index in [2.05, 4.69) is 4.90 Å². The van der Waals surface area contributed by atoms with Gasteiger partial charge in [0, 0.05) is 24.7 Å². The molecule has 0 amide bonds. The van der Waals surface area contributed by atoms with Gasteiger partial charge >= 0.3 is 5.97 Å². The van der Waals surface area contributed by atoms with Crippen molar-refractivity contribution in [2.75, 3.05) is 20.2 Å². The topological polar surface area (TPSA) is 70.0 Å². The van der Waals surface area contributed by atoms with Crippen molar-refractivity contribution in [1.29, 1.82) is 0 Å². The van der Waals surface area contributed by atoms with Crippen molar-refractivity contribution in [2.45, 2.75) is 19.9 Å². The number of carboxylic acid groups (broad SMARTS) is 1. The summed E-state index contributed by atoms with van der Waals surface area (Å²) in [5.41, 5.74) is 0.811. The maximum absolute atomic E-state index is 10.9. The lowest BCUT2D eigenvalue weighted by molar-refractivity contribution is -0.146. The summed E-state index contributed by atoms with van der Waals surface area (Å²) in [5.74, 6) is 0.0697. The zero-order valence-corrected chi connectivity index (χ0v) is 12.0. The van der Waals surface area contributed by atoms with E-state index in [0.29, 0.717) is 5.75 Å². The van der Waals surface area contributed by atoms with E-state index in [-0.39, 0.29) is 23.6 Å². The van der Waals surface area contributed by atoms with Crippen LogP contribution in [-0.4, -0.2) is 41.3 Å². The SMILES string of the molecule is COc1ccc(O)c(C(C)N2CC(C(C)C(=O)O)C2)c1. The number of ether oxygens (including phenoxy) is 1. The predicted molar refractivity (Wildman–Crippen MR) is 74.9 cm³/mol. The van der Waals surface area contributed by atoms with Crippen LogP contribution in [0, 0.1) is 11.8 Å². The summed E-state index contributed by atoms with van der Waals surface area (Å²) >= 11 is 0. The van der Waals surface area contributed by atoms with Gasteiger partial charge < -0.3 is 14.9 Å². The number of hydrogen-bond donors (Lipinski definition) is 2. The average molecular weight is 279 g/mol. The van der Waals surface area contributed by atoms with E-state index in [0.717, 1.165) is 18.7 Å². The third kappa shape index (κ3) is 2.72. The molecule has 20 heavy (non-hydrogen) atoms. The molecule has 1 saturated heterocycles. The van der Waals surface area contributed by atoms with Crippen LogP contribution in [0.25, 0.3) is 0 Å². The summed E-state index contributed by atoms with van der Waals surface area (Å²) in [6, 6.07) is 5.22. The third-order valence-electron chi connectivity index (χ3n) is 4.27. The molecule has 0 radical (unpaired) electrons. The van der Waals surface area contributed by atoms with Crippen LogP contribution in [0.2, 0.25) is 0 Å². The van der Waals surface area contributed by atoms with Gasteiger partial charge in [0.15, 0.2) is 0 Å². The fourth-order valence-corrected chi connectivity index (χ4v) is 2.57. The largest absolute Gasteiger partial charge is 0.508 e. The fraction of sp³-hybridized carbons (Fsp3) is 0.533. The summed E-state index contributed by atoms with van der Waals surface area (Å²) in [7, 11) is 1.59. The molecule has 1 aromatic carbocycles. The van der Waals surface area contributed by atoms with Crippen LogP contribution < -0.4 is 4.74 Å².